The number of carboxylic acids is 1. The van der Waals surface area contributed by atoms with E-state index in [0.717, 1.165) is 12.8 Å². The number of fused-ring (bicyclic) bond motifs is 2. The van der Waals surface area contributed by atoms with E-state index < -0.39 is 18.6 Å². The molecule has 0 aliphatic carbocycles. The Kier molecular flexibility index (Phi) is 3.44. The number of nitrogens with two attached hydrogens (primary N) is 1. The van der Waals surface area contributed by atoms with Crippen molar-refractivity contribution in [2.24, 2.45) is 11.7 Å². The molecule has 2 unspecified atom stereocenters. The maximum absolute atomic E-state index is 11.4. The second-order valence-electron chi connectivity index (χ2n) is 5.16. The summed E-state index contributed by atoms with van der Waals surface area (Å²) in [7, 11) is -1.32. The molecule has 2 bridgehead atoms. The second kappa shape index (κ2) is 4.57. The molecule has 0 aromatic heterocycles. The van der Waals surface area contributed by atoms with Gasteiger partial charge in [0.05, 0.1) is 0 Å². The average Bonchev–Trinajstić information content (AvgIpc) is 2.80. The summed E-state index contributed by atoms with van der Waals surface area (Å²) in [5, 5.41) is 30.1. The van der Waals surface area contributed by atoms with Crippen LogP contribution in [0.4, 0.5) is 0 Å². The van der Waals surface area contributed by atoms with Crippen molar-refractivity contribution >= 4 is 13.1 Å². The Morgan fingerprint density at radius 2 is 2.18 bits per heavy atom. The van der Waals surface area contributed by atoms with Gasteiger partial charge in [0, 0.05) is 18.0 Å². The van der Waals surface area contributed by atoms with Crippen molar-refractivity contribution < 1.29 is 19.9 Å². The highest BCUT2D eigenvalue weighted by Gasteiger charge is 2.60. The standard InChI is InChI=1S/C10H19BN2O4/c12-10(9(14)15)6(2-1-5-11(16)17)7-3-4-8(10)13-7/h6-8,13,16-17H,1-5,12H2,(H,14,15)/t6-,7?,8?,10-/m0/s1. The molecular weight excluding hydrogens is 223 g/mol. The van der Waals surface area contributed by atoms with Gasteiger partial charge in [-0.25, -0.2) is 0 Å². The third-order valence-electron chi connectivity index (χ3n) is 4.21. The first-order chi connectivity index (χ1) is 7.96. The minimum absolute atomic E-state index is 0.113. The molecule has 2 heterocycles. The van der Waals surface area contributed by atoms with Crippen LogP contribution < -0.4 is 11.1 Å². The van der Waals surface area contributed by atoms with Crippen molar-refractivity contribution in [3.63, 3.8) is 0 Å². The summed E-state index contributed by atoms with van der Waals surface area (Å²) in [6.07, 6.45) is 3.24. The fraction of sp³-hybridized carbons (Fsp3) is 0.900. The Labute approximate surface area is 100 Å². The largest absolute Gasteiger partial charge is 0.480 e. The summed E-state index contributed by atoms with van der Waals surface area (Å²) >= 11 is 0. The lowest BCUT2D eigenvalue weighted by Gasteiger charge is -2.35. The molecule has 7 heteroatoms. The Bertz CT molecular complexity index is 315. The van der Waals surface area contributed by atoms with Gasteiger partial charge in [0.1, 0.15) is 5.54 Å². The van der Waals surface area contributed by atoms with Gasteiger partial charge in [-0.15, -0.1) is 0 Å². The second-order valence-corrected chi connectivity index (χ2v) is 5.16. The molecule has 17 heavy (non-hydrogen) atoms. The van der Waals surface area contributed by atoms with Crippen LogP contribution in [0.5, 0.6) is 0 Å². The Morgan fingerprint density at radius 3 is 2.76 bits per heavy atom. The lowest BCUT2D eigenvalue weighted by molar-refractivity contribution is -0.146. The van der Waals surface area contributed by atoms with Gasteiger partial charge < -0.3 is 26.2 Å². The number of carboxylic acid groups (broad SMARTS) is 1. The van der Waals surface area contributed by atoms with Gasteiger partial charge in [-0.2, -0.15) is 0 Å². The Morgan fingerprint density at radius 1 is 1.47 bits per heavy atom. The lowest BCUT2D eigenvalue weighted by atomic mass is 9.70. The zero-order valence-corrected chi connectivity index (χ0v) is 9.67. The quantitative estimate of drug-likeness (QED) is 0.385. The van der Waals surface area contributed by atoms with Crippen molar-refractivity contribution in [3.8, 4) is 0 Å². The van der Waals surface area contributed by atoms with Gasteiger partial charge in [0.2, 0.25) is 0 Å². The molecule has 2 aliphatic rings. The number of rotatable bonds is 5. The summed E-state index contributed by atoms with van der Waals surface area (Å²) < 4.78 is 0. The number of hydrogen-bond donors (Lipinski definition) is 5. The number of carbonyl (C=O) groups is 1. The van der Waals surface area contributed by atoms with Gasteiger partial charge in [-0.3, -0.25) is 4.79 Å². The normalized spacial score (nSPS) is 39.6. The van der Waals surface area contributed by atoms with Crippen molar-refractivity contribution in [1.29, 1.82) is 0 Å². The maximum atomic E-state index is 11.4. The summed E-state index contributed by atoms with van der Waals surface area (Å²) in [4.78, 5) is 11.4. The van der Waals surface area contributed by atoms with E-state index in [0.29, 0.717) is 12.8 Å². The van der Waals surface area contributed by atoms with E-state index in [2.05, 4.69) is 5.32 Å². The molecule has 0 aromatic carbocycles. The zero-order valence-electron chi connectivity index (χ0n) is 9.67. The summed E-state index contributed by atoms with van der Waals surface area (Å²) in [6, 6.07) is 0.0194. The van der Waals surface area contributed by atoms with Crippen LogP contribution in [-0.4, -0.2) is 45.9 Å². The van der Waals surface area contributed by atoms with Crippen LogP contribution in [0.1, 0.15) is 25.7 Å². The van der Waals surface area contributed by atoms with Gasteiger partial charge in [0.15, 0.2) is 0 Å². The van der Waals surface area contributed by atoms with Crippen LogP contribution in [0.2, 0.25) is 6.32 Å². The topological polar surface area (TPSA) is 116 Å². The summed E-state index contributed by atoms with van der Waals surface area (Å²) in [5.41, 5.74) is 4.87. The average molecular weight is 242 g/mol. The van der Waals surface area contributed by atoms with Crippen LogP contribution in [0.3, 0.4) is 0 Å². The molecule has 4 atom stereocenters. The van der Waals surface area contributed by atoms with Crippen LogP contribution in [0, 0.1) is 5.92 Å². The van der Waals surface area contributed by atoms with Crippen LogP contribution in [0.15, 0.2) is 0 Å². The van der Waals surface area contributed by atoms with Gasteiger partial charge >= 0.3 is 13.1 Å². The van der Waals surface area contributed by atoms with E-state index in [9.17, 15) is 9.90 Å². The first-order valence-electron chi connectivity index (χ1n) is 6.10. The highest BCUT2D eigenvalue weighted by Crippen LogP contribution is 2.42. The zero-order chi connectivity index (χ0) is 12.6. The lowest BCUT2D eigenvalue weighted by Crippen LogP contribution is -2.61. The molecule has 2 fully saturated rings. The molecule has 6 N–H and O–H groups in total. The van der Waals surface area contributed by atoms with Gasteiger partial charge in [0.25, 0.3) is 0 Å². The van der Waals surface area contributed by atoms with Gasteiger partial charge in [-0.1, -0.05) is 6.42 Å². The molecule has 2 aliphatic heterocycles. The van der Waals surface area contributed by atoms with Crippen molar-refractivity contribution in [1.82, 2.24) is 5.32 Å². The van der Waals surface area contributed by atoms with E-state index in [1.165, 1.54) is 0 Å². The predicted molar refractivity (Wildman–Crippen MR) is 62.2 cm³/mol. The molecule has 0 saturated carbocycles. The number of hydrogen-bond acceptors (Lipinski definition) is 5. The molecule has 2 saturated heterocycles. The van der Waals surface area contributed by atoms with Crippen LogP contribution >= 0.6 is 0 Å². The highest BCUT2D eigenvalue weighted by atomic mass is 16.4. The molecule has 96 valence electrons. The van der Waals surface area contributed by atoms with Crippen LogP contribution in [-0.2, 0) is 4.79 Å². The predicted octanol–water partition coefficient (Wildman–Crippen LogP) is -1.23. The van der Waals surface area contributed by atoms with E-state index in [1.54, 1.807) is 0 Å². The van der Waals surface area contributed by atoms with Crippen molar-refractivity contribution in [2.45, 2.75) is 49.6 Å². The van der Waals surface area contributed by atoms with Crippen molar-refractivity contribution in [2.75, 3.05) is 0 Å². The molecule has 0 radical (unpaired) electrons. The van der Waals surface area contributed by atoms with E-state index in [4.69, 9.17) is 15.8 Å². The molecule has 6 nitrogen and oxygen atoms in total. The SMILES string of the molecule is N[C@]1(C(=O)O)C2CCC(N2)[C@@H]1CCCB(O)O. The highest BCUT2D eigenvalue weighted by molar-refractivity contribution is 6.40. The minimum atomic E-state index is -1.32. The summed E-state index contributed by atoms with van der Waals surface area (Å²) in [6.45, 7) is 0. The van der Waals surface area contributed by atoms with Crippen LogP contribution in [0.25, 0.3) is 0 Å². The molecule has 0 amide bonds. The van der Waals surface area contributed by atoms with Gasteiger partial charge in [-0.05, 0) is 25.6 Å². The third-order valence-corrected chi connectivity index (χ3v) is 4.21. The third kappa shape index (κ3) is 2.08. The fourth-order valence-corrected chi connectivity index (χ4v) is 3.32. The smallest absolute Gasteiger partial charge is 0.451 e. The monoisotopic (exact) mass is 242 g/mol. The minimum Gasteiger partial charge on any atom is -0.480 e. The molecule has 2 rings (SSSR count). The Balaban J connectivity index is 2.01. The van der Waals surface area contributed by atoms with E-state index in [-0.39, 0.29) is 24.3 Å². The Hall–Kier alpha value is -0.625. The van der Waals surface area contributed by atoms with E-state index in [1.807, 2.05) is 0 Å². The summed E-state index contributed by atoms with van der Waals surface area (Å²) in [5.74, 6) is -1.07. The van der Waals surface area contributed by atoms with E-state index >= 15 is 0 Å². The number of aliphatic carboxylic acids is 1. The maximum Gasteiger partial charge on any atom is 0.451 e. The molecule has 0 aromatic rings. The molecule has 0 spiro atoms. The first-order valence-corrected chi connectivity index (χ1v) is 6.10. The first kappa shape index (κ1) is 12.8. The van der Waals surface area contributed by atoms with Crippen molar-refractivity contribution in [3.05, 3.63) is 0 Å². The fourth-order valence-electron chi connectivity index (χ4n) is 3.32. The molecular formula is C10H19BN2O4. The number of nitrogens with one attached hydrogen (secondary N) is 1.